The summed E-state index contributed by atoms with van der Waals surface area (Å²) in [6, 6.07) is 13.5. The van der Waals surface area contributed by atoms with Gasteiger partial charge in [0.25, 0.3) is 0 Å². The minimum atomic E-state index is -1.31. The minimum Gasteiger partial charge on any atom is -0.592 e. The number of rotatable bonds is 6. The van der Waals surface area contributed by atoms with E-state index in [-0.39, 0.29) is 0 Å². The fourth-order valence-corrected chi connectivity index (χ4v) is 2.78. The lowest BCUT2D eigenvalue weighted by Gasteiger charge is -2.11. The van der Waals surface area contributed by atoms with Gasteiger partial charge in [-0.3, -0.25) is 4.98 Å². The molecule has 0 saturated carbocycles. The first-order chi connectivity index (χ1) is 13.1. The molecule has 27 heavy (non-hydrogen) atoms. The summed E-state index contributed by atoms with van der Waals surface area (Å²) in [7, 11) is 0. The predicted molar refractivity (Wildman–Crippen MR) is 112 cm³/mol. The van der Waals surface area contributed by atoms with E-state index < -0.39 is 11.4 Å². The number of nitrogen functional groups attached to an aromatic ring is 1. The van der Waals surface area contributed by atoms with Crippen LogP contribution in [-0.2, 0) is 17.9 Å². The summed E-state index contributed by atoms with van der Waals surface area (Å²) in [5.74, 6) is 0.546. The van der Waals surface area contributed by atoms with Gasteiger partial charge in [-0.1, -0.05) is 16.5 Å². The number of benzene rings is 1. The third kappa shape index (κ3) is 4.75. The second-order valence-electron chi connectivity index (χ2n) is 5.80. The van der Waals surface area contributed by atoms with Gasteiger partial charge in [-0.2, -0.15) is 0 Å². The standard InChI is InChI=1S/C19H20N6OS/c1-27(26)24-12-15(10-20)18-7-5-16(21)19(25-18)23-11-13-4-6-17-14(9-13)3-2-8-22-17/h2-10,12H,11,20-21H2,1H3,(H,23,25). The van der Waals surface area contributed by atoms with Crippen LogP contribution in [0.5, 0.6) is 0 Å². The maximum Gasteiger partial charge on any atom is 0.150 e. The van der Waals surface area contributed by atoms with Gasteiger partial charge in [-0.15, -0.1) is 0 Å². The quantitative estimate of drug-likeness (QED) is 0.446. The Hall–Kier alpha value is -3.10. The van der Waals surface area contributed by atoms with Crippen LogP contribution in [0.2, 0.25) is 0 Å². The van der Waals surface area contributed by atoms with Gasteiger partial charge in [0, 0.05) is 29.9 Å². The van der Waals surface area contributed by atoms with Crippen LogP contribution < -0.4 is 16.8 Å². The molecule has 0 aliphatic rings. The van der Waals surface area contributed by atoms with Gasteiger partial charge in [0.05, 0.1) is 34.5 Å². The summed E-state index contributed by atoms with van der Waals surface area (Å²) < 4.78 is 15.0. The van der Waals surface area contributed by atoms with Gasteiger partial charge in [0.2, 0.25) is 0 Å². The number of nitrogens with one attached hydrogen (secondary N) is 1. The number of hydrogen-bond donors (Lipinski definition) is 3. The summed E-state index contributed by atoms with van der Waals surface area (Å²) in [6.45, 7) is 0.556. The third-order valence-corrected chi connectivity index (χ3v) is 4.27. The number of allylic oxidation sites excluding steroid dienone is 1. The summed E-state index contributed by atoms with van der Waals surface area (Å²) >= 11 is -1.31. The maximum absolute atomic E-state index is 11.2. The minimum absolute atomic E-state index is 0.522. The molecule has 0 saturated heterocycles. The lowest BCUT2D eigenvalue weighted by molar-refractivity contribution is 0.603. The highest BCUT2D eigenvalue weighted by Crippen LogP contribution is 2.21. The topological polar surface area (TPSA) is 125 Å². The summed E-state index contributed by atoms with van der Waals surface area (Å²) in [4.78, 5) is 8.83. The molecule has 1 atom stereocenters. The molecular weight excluding hydrogens is 360 g/mol. The molecule has 0 amide bonds. The Morgan fingerprint density at radius 2 is 2.15 bits per heavy atom. The number of fused-ring (bicyclic) bond motifs is 1. The van der Waals surface area contributed by atoms with Crippen LogP contribution in [0, 0.1) is 0 Å². The van der Waals surface area contributed by atoms with Crippen LogP contribution in [0.15, 0.2) is 59.3 Å². The Labute approximate surface area is 160 Å². The van der Waals surface area contributed by atoms with Gasteiger partial charge in [-0.05, 0) is 35.9 Å². The fourth-order valence-electron chi connectivity index (χ4n) is 2.52. The first-order valence-electron chi connectivity index (χ1n) is 8.21. The van der Waals surface area contributed by atoms with Gasteiger partial charge in [0.1, 0.15) is 12.1 Å². The van der Waals surface area contributed by atoms with Crippen LogP contribution in [0.1, 0.15) is 11.3 Å². The second kappa shape index (κ2) is 8.52. The van der Waals surface area contributed by atoms with E-state index in [0.717, 1.165) is 16.5 Å². The zero-order valence-corrected chi connectivity index (χ0v) is 15.6. The molecule has 138 valence electrons. The van der Waals surface area contributed by atoms with Crippen molar-refractivity contribution < 1.29 is 4.55 Å². The molecule has 7 nitrogen and oxygen atoms in total. The molecule has 1 unspecified atom stereocenters. The molecule has 0 aliphatic carbocycles. The Morgan fingerprint density at radius 1 is 1.30 bits per heavy atom. The van der Waals surface area contributed by atoms with E-state index in [0.29, 0.717) is 29.3 Å². The molecule has 2 heterocycles. The van der Waals surface area contributed by atoms with Crippen LogP contribution in [0.25, 0.3) is 16.5 Å². The molecule has 0 aliphatic heterocycles. The lowest BCUT2D eigenvalue weighted by atomic mass is 10.1. The monoisotopic (exact) mass is 380 g/mol. The molecule has 3 aromatic rings. The van der Waals surface area contributed by atoms with Gasteiger partial charge >= 0.3 is 0 Å². The number of nitrogens with zero attached hydrogens (tertiary/aromatic N) is 3. The number of nitrogens with two attached hydrogens (primary N) is 2. The van der Waals surface area contributed by atoms with Crippen molar-refractivity contribution in [3.63, 3.8) is 0 Å². The fraction of sp³-hybridized carbons (Fsp3) is 0.105. The summed E-state index contributed by atoms with van der Waals surface area (Å²) in [5, 5.41) is 4.32. The second-order valence-corrected chi connectivity index (χ2v) is 6.86. The van der Waals surface area contributed by atoms with E-state index in [1.165, 1.54) is 18.7 Å². The normalized spacial score (nSPS) is 13.2. The largest absolute Gasteiger partial charge is 0.592 e. The molecule has 5 N–H and O–H groups in total. The van der Waals surface area contributed by atoms with E-state index in [1.807, 2.05) is 24.3 Å². The van der Waals surface area contributed by atoms with Gasteiger partial charge < -0.3 is 21.3 Å². The zero-order chi connectivity index (χ0) is 19.2. The molecule has 2 aromatic heterocycles. The summed E-state index contributed by atoms with van der Waals surface area (Å²) in [5.41, 5.74) is 15.4. The average molecular weight is 380 g/mol. The zero-order valence-electron chi connectivity index (χ0n) is 14.8. The highest BCUT2D eigenvalue weighted by atomic mass is 32.2. The van der Waals surface area contributed by atoms with Crippen molar-refractivity contribution in [2.24, 2.45) is 10.1 Å². The first-order valence-corrected chi connectivity index (χ1v) is 9.72. The molecular formula is C19H20N6OS. The smallest absolute Gasteiger partial charge is 0.150 e. The van der Waals surface area contributed by atoms with Gasteiger partial charge in [0.15, 0.2) is 0 Å². The van der Waals surface area contributed by atoms with Crippen molar-refractivity contribution in [1.82, 2.24) is 9.97 Å². The van der Waals surface area contributed by atoms with Crippen molar-refractivity contribution in [3.05, 3.63) is 66.1 Å². The highest BCUT2D eigenvalue weighted by molar-refractivity contribution is 7.89. The molecule has 0 spiro atoms. The Bertz CT molecular complexity index is 1000. The number of hydrogen-bond acceptors (Lipinski definition) is 7. The van der Waals surface area contributed by atoms with Gasteiger partial charge in [-0.25, -0.2) is 4.98 Å². The first kappa shape index (κ1) is 18.7. The molecule has 8 heteroatoms. The van der Waals surface area contributed by atoms with E-state index >= 15 is 0 Å². The molecule has 0 radical (unpaired) electrons. The highest BCUT2D eigenvalue weighted by Gasteiger charge is 2.07. The molecule has 0 bridgehead atoms. The molecule has 0 fully saturated rings. The van der Waals surface area contributed by atoms with E-state index in [9.17, 15) is 4.55 Å². The van der Waals surface area contributed by atoms with E-state index in [2.05, 4.69) is 25.7 Å². The van der Waals surface area contributed by atoms with Crippen molar-refractivity contribution >= 4 is 45.6 Å². The van der Waals surface area contributed by atoms with Crippen molar-refractivity contribution in [3.8, 4) is 0 Å². The van der Waals surface area contributed by atoms with Crippen LogP contribution in [0.3, 0.4) is 0 Å². The van der Waals surface area contributed by atoms with Crippen molar-refractivity contribution in [2.75, 3.05) is 17.3 Å². The maximum atomic E-state index is 11.2. The van der Waals surface area contributed by atoms with Crippen LogP contribution in [0.4, 0.5) is 11.5 Å². The average Bonchev–Trinajstić information content (AvgIpc) is 2.68. The SMILES string of the molecule is C[S+]([O-])N=CC(=CN)c1ccc(N)c(NCc2ccc3ncccc3c2)n1. The predicted octanol–water partition coefficient (Wildman–Crippen LogP) is 2.49. The number of anilines is 2. The Balaban J connectivity index is 1.79. The Morgan fingerprint density at radius 3 is 2.93 bits per heavy atom. The number of pyridine rings is 2. The van der Waals surface area contributed by atoms with Crippen molar-refractivity contribution in [2.45, 2.75) is 6.54 Å². The molecule has 1 aromatic carbocycles. The van der Waals surface area contributed by atoms with E-state index in [1.54, 1.807) is 18.3 Å². The lowest BCUT2D eigenvalue weighted by Crippen LogP contribution is -2.07. The van der Waals surface area contributed by atoms with Crippen molar-refractivity contribution in [1.29, 1.82) is 0 Å². The summed E-state index contributed by atoms with van der Waals surface area (Å²) in [6.07, 6.45) is 6.06. The van der Waals surface area contributed by atoms with Crippen LogP contribution in [-0.4, -0.2) is 27.0 Å². The third-order valence-electron chi connectivity index (χ3n) is 3.87. The number of aromatic nitrogens is 2. The molecule has 3 rings (SSSR count). The van der Waals surface area contributed by atoms with E-state index in [4.69, 9.17) is 11.5 Å². The van der Waals surface area contributed by atoms with Crippen LogP contribution >= 0.6 is 0 Å². The Kier molecular flexibility index (Phi) is 5.90.